The molecule has 0 aromatic rings. The Labute approximate surface area is 115 Å². The van der Waals surface area contributed by atoms with E-state index >= 15 is 0 Å². The van der Waals surface area contributed by atoms with Crippen LogP contribution in [0.3, 0.4) is 0 Å². The molecular weight excluding hydrogens is 244 g/mol. The van der Waals surface area contributed by atoms with Crippen LogP contribution in [-0.2, 0) is 4.79 Å². The Morgan fingerprint density at radius 3 is 2.47 bits per heavy atom. The molecule has 2 amide bonds. The molecular formula is C14H26N2O3. The van der Waals surface area contributed by atoms with Crippen molar-refractivity contribution in [1.29, 1.82) is 0 Å². The van der Waals surface area contributed by atoms with Crippen LogP contribution in [0, 0.1) is 5.92 Å². The number of unbranched alkanes of at least 4 members (excludes halogenated alkanes) is 3. The van der Waals surface area contributed by atoms with Crippen LogP contribution in [0.5, 0.6) is 0 Å². The molecule has 1 aliphatic rings. The summed E-state index contributed by atoms with van der Waals surface area (Å²) in [7, 11) is 1.85. The number of amides is 2. The normalized spacial score (nSPS) is 14.8. The van der Waals surface area contributed by atoms with Crippen molar-refractivity contribution in [3.63, 3.8) is 0 Å². The number of hydrogen-bond donors (Lipinski definition) is 2. The Kier molecular flexibility index (Phi) is 7.30. The molecule has 0 spiro atoms. The number of aliphatic carboxylic acids is 1. The van der Waals surface area contributed by atoms with Crippen LogP contribution in [0.2, 0.25) is 0 Å². The molecule has 0 saturated heterocycles. The van der Waals surface area contributed by atoms with Gasteiger partial charge in [0.25, 0.3) is 0 Å². The van der Waals surface area contributed by atoms with Crippen LogP contribution in [0.1, 0.15) is 51.4 Å². The predicted octanol–water partition coefficient (Wildman–Crippen LogP) is 2.46. The van der Waals surface area contributed by atoms with E-state index in [2.05, 4.69) is 5.32 Å². The van der Waals surface area contributed by atoms with Crippen molar-refractivity contribution in [3.8, 4) is 0 Å². The molecule has 0 aromatic carbocycles. The summed E-state index contributed by atoms with van der Waals surface area (Å²) < 4.78 is 0. The van der Waals surface area contributed by atoms with Gasteiger partial charge in [-0.1, -0.05) is 19.3 Å². The van der Waals surface area contributed by atoms with E-state index in [9.17, 15) is 9.59 Å². The van der Waals surface area contributed by atoms with Crippen molar-refractivity contribution in [2.24, 2.45) is 5.92 Å². The number of hydrogen-bond acceptors (Lipinski definition) is 2. The lowest BCUT2D eigenvalue weighted by atomic mass is 9.85. The SMILES string of the molecule is CN(CC1CCC1)C(=O)NCCCCCCC(=O)O. The zero-order chi connectivity index (χ0) is 14.1. The molecule has 1 fully saturated rings. The Hall–Kier alpha value is -1.26. The fourth-order valence-electron chi connectivity index (χ4n) is 2.23. The van der Waals surface area contributed by atoms with Crippen molar-refractivity contribution in [1.82, 2.24) is 10.2 Å². The largest absolute Gasteiger partial charge is 0.481 e. The highest BCUT2D eigenvalue weighted by atomic mass is 16.4. The van der Waals surface area contributed by atoms with Gasteiger partial charge >= 0.3 is 12.0 Å². The summed E-state index contributed by atoms with van der Waals surface area (Å²) in [5.74, 6) is -0.0299. The highest BCUT2D eigenvalue weighted by Gasteiger charge is 2.20. The van der Waals surface area contributed by atoms with Crippen molar-refractivity contribution < 1.29 is 14.7 Å². The molecule has 1 rings (SSSR count). The van der Waals surface area contributed by atoms with Gasteiger partial charge in [0.05, 0.1) is 0 Å². The molecule has 5 heteroatoms. The van der Waals surface area contributed by atoms with Crippen LogP contribution in [0.15, 0.2) is 0 Å². The van der Waals surface area contributed by atoms with E-state index in [0.29, 0.717) is 12.5 Å². The first kappa shape index (κ1) is 15.8. The van der Waals surface area contributed by atoms with E-state index in [1.54, 1.807) is 4.90 Å². The Morgan fingerprint density at radius 1 is 1.21 bits per heavy atom. The topological polar surface area (TPSA) is 69.6 Å². The van der Waals surface area contributed by atoms with Gasteiger partial charge in [0.2, 0.25) is 0 Å². The molecule has 0 aromatic heterocycles. The molecule has 19 heavy (non-hydrogen) atoms. The first-order valence-electron chi connectivity index (χ1n) is 7.30. The summed E-state index contributed by atoms with van der Waals surface area (Å²) in [5, 5.41) is 11.4. The minimum absolute atomic E-state index is 0.0115. The van der Waals surface area contributed by atoms with Gasteiger partial charge in [0.15, 0.2) is 0 Å². The lowest BCUT2D eigenvalue weighted by Crippen LogP contribution is -2.41. The summed E-state index contributed by atoms with van der Waals surface area (Å²) >= 11 is 0. The van der Waals surface area contributed by atoms with Gasteiger partial charge in [-0.2, -0.15) is 0 Å². The smallest absolute Gasteiger partial charge is 0.317 e. The number of nitrogens with one attached hydrogen (secondary N) is 1. The number of carboxylic acids is 1. The number of urea groups is 1. The van der Waals surface area contributed by atoms with E-state index in [1.165, 1.54) is 19.3 Å². The highest BCUT2D eigenvalue weighted by Crippen LogP contribution is 2.26. The minimum Gasteiger partial charge on any atom is -0.481 e. The van der Waals surface area contributed by atoms with Crippen LogP contribution < -0.4 is 5.32 Å². The molecule has 1 aliphatic carbocycles. The molecule has 0 aliphatic heterocycles. The van der Waals surface area contributed by atoms with Crippen LogP contribution in [0.4, 0.5) is 4.79 Å². The van der Waals surface area contributed by atoms with Gasteiger partial charge in [0, 0.05) is 26.6 Å². The van der Waals surface area contributed by atoms with Crippen molar-refractivity contribution in [2.45, 2.75) is 51.4 Å². The maximum atomic E-state index is 11.7. The van der Waals surface area contributed by atoms with Crippen molar-refractivity contribution in [2.75, 3.05) is 20.1 Å². The average Bonchev–Trinajstić information content (AvgIpc) is 2.31. The number of carbonyl (C=O) groups excluding carboxylic acids is 1. The second-order valence-electron chi connectivity index (χ2n) is 5.47. The number of carbonyl (C=O) groups is 2. The van der Waals surface area contributed by atoms with E-state index < -0.39 is 5.97 Å². The van der Waals surface area contributed by atoms with Crippen molar-refractivity contribution in [3.05, 3.63) is 0 Å². The summed E-state index contributed by atoms with van der Waals surface area (Å²) in [6, 6.07) is 0.0115. The molecule has 5 nitrogen and oxygen atoms in total. The maximum absolute atomic E-state index is 11.7. The molecule has 2 N–H and O–H groups in total. The average molecular weight is 270 g/mol. The van der Waals surface area contributed by atoms with Gasteiger partial charge in [0.1, 0.15) is 0 Å². The number of rotatable bonds is 9. The molecule has 110 valence electrons. The lowest BCUT2D eigenvalue weighted by molar-refractivity contribution is -0.137. The minimum atomic E-state index is -0.731. The van der Waals surface area contributed by atoms with E-state index in [1.807, 2.05) is 7.05 Å². The first-order chi connectivity index (χ1) is 9.09. The van der Waals surface area contributed by atoms with E-state index in [4.69, 9.17) is 5.11 Å². The predicted molar refractivity (Wildman–Crippen MR) is 74.1 cm³/mol. The van der Waals surface area contributed by atoms with Crippen LogP contribution >= 0.6 is 0 Å². The number of nitrogens with zero attached hydrogens (tertiary/aromatic N) is 1. The first-order valence-corrected chi connectivity index (χ1v) is 7.30. The van der Waals surface area contributed by atoms with Gasteiger partial charge in [-0.3, -0.25) is 4.79 Å². The molecule has 0 unspecified atom stereocenters. The zero-order valence-electron chi connectivity index (χ0n) is 11.9. The molecule has 0 heterocycles. The maximum Gasteiger partial charge on any atom is 0.317 e. The third kappa shape index (κ3) is 7.03. The quantitative estimate of drug-likeness (QED) is 0.632. The third-order valence-corrected chi connectivity index (χ3v) is 3.70. The van der Waals surface area contributed by atoms with Crippen molar-refractivity contribution >= 4 is 12.0 Å². The fraction of sp³-hybridized carbons (Fsp3) is 0.857. The Morgan fingerprint density at radius 2 is 1.89 bits per heavy atom. The summed E-state index contributed by atoms with van der Waals surface area (Å²) in [5.41, 5.74) is 0. The number of carboxylic acid groups (broad SMARTS) is 1. The zero-order valence-corrected chi connectivity index (χ0v) is 11.9. The molecule has 0 atom stereocenters. The second-order valence-corrected chi connectivity index (χ2v) is 5.47. The van der Waals surface area contributed by atoms with Crippen LogP contribution in [0.25, 0.3) is 0 Å². The fourth-order valence-corrected chi connectivity index (χ4v) is 2.23. The highest BCUT2D eigenvalue weighted by molar-refractivity contribution is 5.73. The second kappa shape index (κ2) is 8.77. The summed E-state index contributed by atoms with van der Waals surface area (Å²) in [4.78, 5) is 23.8. The summed E-state index contributed by atoms with van der Waals surface area (Å²) in [6.07, 6.45) is 7.59. The Balaban J connectivity index is 1.92. The van der Waals surface area contributed by atoms with Crippen LogP contribution in [-0.4, -0.2) is 42.1 Å². The molecule has 1 saturated carbocycles. The van der Waals surface area contributed by atoms with Gasteiger partial charge in [-0.15, -0.1) is 0 Å². The third-order valence-electron chi connectivity index (χ3n) is 3.70. The monoisotopic (exact) mass is 270 g/mol. The van der Waals surface area contributed by atoms with Gasteiger partial charge < -0.3 is 15.3 Å². The molecule has 0 bridgehead atoms. The van der Waals surface area contributed by atoms with E-state index in [0.717, 1.165) is 32.2 Å². The molecule has 0 radical (unpaired) electrons. The Bertz CT molecular complexity index is 290. The summed E-state index contributed by atoms with van der Waals surface area (Å²) in [6.45, 7) is 1.55. The van der Waals surface area contributed by atoms with Gasteiger partial charge in [-0.25, -0.2) is 4.79 Å². The van der Waals surface area contributed by atoms with E-state index in [-0.39, 0.29) is 12.5 Å². The lowest BCUT2D eigenvalue weighted by Gasteiger charge is -2.30. The standard InChI is InChI=1S/C14H26N2O3/c1-16(11-12-7-6-8-12)14(19)15-10-5-3-2-4-9-13(17)18/h12H,2-11H2,1H3,(H,15,19)(H,17,18). The van der Waals surface area contributed by atoms with Gasteiger partial charge in [-0.05, 0) is 31.6 Å².